The van der Waals surface area contributed by atoms with Crippen LogP contribution in [0.15, 0.2) is 64.5 Å². The van der Waals surface area contributed by atoms with Crippen LogP contribution in [0, 0.1) is 12.8 Å². The second-order valence-electron chi connectivity index (χ2n) is 7.50. The van der Waals surface area contributed by atoms with Crippen molar-refractivity contribution in [2.75, 3.05) is 18.0 Å². The molecule has 1 aliphatic heterocycles. The number of hydrogen-bond acceptors (Lipinski definition) is 4. The van der Waals surface area contributed by atoms with Crippen LogP contribution >= 0.6 is 0 Å². The molecule has 1 aromatic heterocycles. The first-order chi connectivity index (χ1) is 13.0. The summed E-state index contributed by atoms with van der Waals surface area (Å²) in [5, 5.41) is 0.918. The van der Waals surface area contributed by atoms with Crippen LogP contribution in [0.4, 0.5) is 5.69 Å². The summed E-state index contributed by atoms with van der Waals surface area (Å²) in [6, 6.07) is 14.7. The number of aryl methyl sites for hydroxylation is 1. The fourth-order valence-corrected chi connectivity index (χ4v) is 5.37. The molecule has 4 nitrogen and oxygen atoms in total. The number of hydrogen-bond donors (Lipinski definition) is 0. The third-order valence-electron chi connectivity index (χ3n) is 5.28. The SMILES string of the molecule is Cc1ccc2ncc(S(=O)(=O)c3ccccc3)c(N3CCC[C@@H](C)C3)c2c1. The highest BCUT2D eigenvalue weighted by Crippen LogP contribution is 2.38. The minimum Gasteiger partial charge on any atom is -0.370 e. The van der Waals surface area contributed by atoms with Gasteiger partial charge in [0.05, 0.1) is 16.1 Å². The Morgan fingerprint density at radius 1 is 1.11 bits per heavy atom. The zero-order valence-electron chi connectivity index (χ0n) is 15.7. The Labute approximate surface area is 160 Å². The number of sulfone groups is 1. The molecule has 1 aliphatic rings. The Hall–Kier alpha value is -2.40. The quantitative estimate of drug-likeness (QED) is 0.666. The highest BCUT2D eigenvalue weighted by molar-refractivity contribution is 7.91. The zero-order valence-corrected chi connectivity index (χ0v) is 16.5. The van der Waals surface area contributed by atoms with Gasteiger partial charge in [0.1, 0.15) is 4.90 Å². The van der Waals surface area contributed by atoms with Crippen molar-refractivity contribution >= 4 is 26.4 Å². The molecule has 0 radical (unpaired) electrons. The molecule has 0 spiro atoms. The molecule has 4 rings (SSSR count). The van der Waals surface area contributed by atoms with Crippen LogP contribution in [0.2, 0.25) is 0 Å². The second kappa shape index (κ2) is 6.97. The van der Waals surface area contributed by atoms with Crippen LogP contribution in [0.25, 0.3) is 10.9 Å². The molecule has 0 bridgehead atoms. The van der Waals surface area contributed by atoms with E-state index in [4.69, 9.17) is 0 Å². The van der Waals surface area contributed by atoms with Crippen molar-refractivity contribution < 1.29 is 8.42 Å². The second-order valence-corrected chi connectivity index (χ2v) is 9.42. The lowest BCUT2D eigenvalue weighted by atomic mass is 9.99. The summed E-state index contributed by atoms with van der Waals surface area (Å²) in [6.07, 6.45) is 3.79. The predicted molar refractivity (Wildman–Crippen MR) is 109 cm³/mol. The fraction of sp³-hybridized carbons (Fsp3) is 0.318. The molecule has 2 heterocycles. The summed E-state index contributed by atoms with van der Waals surface area (Å²) in [4.78, 5) is 7.34. The van der Waals surface area contributed by atoms with Crippen molar-refractivity contribution in [3.8, 4) is 0 Å². The summed E-state index contributed by atoms with van der Waals surface area (Å²) < 4.78 is 26.9. The molecule has 1 fully saturated rings. The average molecular weight is 381 g/mol. The Kier molecular flexibility index (Phi) is 4.64. The van der Waals surface area contributed by atoms with Gasteiger partial charge in [-0.1, -0.05) is 36.8 Å². The van der Waals surface area contributed by atoms with E-state index in [1.54, 1.807) is 24.3 Å². The van der Waals surface area contributed by atoms with E-state index in [0.717, 1.165) is 41.7 Å². The third kappa shape index (κ3) is 3.32. The normalized spacial score (nSPS) is 18.0. The minimum absolute atomic E-state index is 0.306. The number of benzene rings is 2. The van der Waals surface area contributed by atoms with Crippen molar-refractivity contribution in [2.24, 2.45) is 5.92 Å². The van der Waals surface area contributed by atoms with E-state index in [1.807, 2.05) is 25.1 Å². The summed E-state index contributed by atoms with van der Waals surface area (Å²) in [5.41, 5.74) is 2.74. The number of rotatable bonds is 3. The molecule has 0 saturated carbocycles. The van der Waals surface area contributed by atoms with Gasteiger partial charge in [-0.2, -0.15) is 0 Å². The number of fused-ring (bicyclic) bond motifs is 1. The summed E-state index contributed by atoms with van der Waals surface area (Å²) in [6.45, 7) is 5.99. The van der Waals surface area contributed by atoms with E-state index in [0.29, 0.717) is 15.7 Å². The van der Waals surface area contributed by atoms with E-state index < -0.39 is 9.84 Å². The van der Waals surface area contributed by atoms with Crippen LogP contribution in [0.5, 0.6) is 0 Å². The maximum absolute atomic E-state index is 13.4. The summed E-state index contributed by atoms with van der Waals surface area (Å²) in [5.74, 6) is 0.541. The number of anilines is 1. The van der Waals surface area contributed by atoms with Gasteiger partial charge in [0.2, 0.25) is 9.84 Å². The molecule has 0 N–H and O–H groups in total. The van der Waals surface area contributed by atoms with E-state index in [9.17, 15) is 8.42 Å². The molecule has 1 atom stereocenters. The molecule has 140 valence electrons. The highest BCUT2D eigenvalue weighted by Gasteiger charge is 2.28. The Bertz CT molecular complexity index is 1080. The standard InChI is InChI=1S/C22H24N2O2S/c1-16-10-11-20-19(13-16)22(24-12-6-7-17(2)15-24)21(14-23-20)27(25,26)18-8-4-3-5-9-18/h3-5,8-11,13-14,17H,6-7,12,15H2,1-2H3/t17-/m1/s1. The van der Waals surface area contributed by atoms with Gasteiger partial charge in [-0.05, 0) is 49.9 Å². The van der Waals surface area contributed by atoms with Crippen LogP contribution in [-0.2, 0) is 9.84 Å². The summed E-state index contributed by atoms with van der Waals surface area (Å²) >= 11 is 0. The first kappa shape index (κ1) is 18.0. The molecule has 27 heavy (non-hydrogen) atoms. The van der Waals surface area contributed by atoms with E-state index >= 15 is 0 Å². The van der Waals surface area contributed by atoms with Gasteiger partial charge in [-0.15, -0.1) is 0 Å². The van der Waals surface area contributed by atoms with Gasteiger partial charge >= 0.3 is 0 Å². The molecule has 0 aliphatic carbocycles. The first-order valence-corrected chi connectivity index (χ1v) is 10.9. The number of aromatic nitrogens is 1. The number of pyridine rings is 1. The van der Waals surface area contributed by atoms with E-state index in [2.05, 4.69) is 22.9 Å². The number of piperidine rings is 1. The molecule has 1 saturated heterocycles. The van der Waals surface area contributed by atoms with Gasteiger partial charge in [-0.3, -0.25) is 4.98 Å². The molecule has 3 aromatic rings. The molecule has 0 amide bonds. The highest BCUT2D eigenvalue weighted by atomic mass is 32.2. The molecule has 2 aromatic carbocycles. The van der Waals surface area contributed by atoms with Gasteiger partial charge in [0.25, 0.3) is 0 Å². The number of nitrogens with zero attached hydrogens (tertiary/aromatic N) is 2. The third-order valence-corrected chi connectivity index (χ3v) is 7.05. The predicted octanol–water partition coefficient (Wildman–Crippen LogP) is 4.61. The van der Waals surface area contributed by atoms with Crippen molar-refractivity contribution in [2.45, 2.75) is 36.5 Å². The van der Waals surface area contributed by atoms with Gasteiger partial charge in [0, 0.05) is 24.7 Å². The maximum atomic E-state index is 13.4. The van der Waals surface area contributed by atoms with E-state index in [-0.39, 0.29) is 0 Å². The van der Waals surface area contributed by atoms with Crippen molar-refractivity contribution in [3.05, 3.63) is 60.3 Å². The van der Waals surface area contributed by atoms with Crippen LogP contribution in [-0.4, -0.2) is 26.5 Å². The lowest BCUT2D eigenvalue weighted by Crippen LogP contribution is -2.35. The first-order valence-electron chi connectivity index (χ1n) is 9.41. The van der Waals surface area contributed by atoms with Crippen molar-refractivity contribution in [1.29, 1.82) is 0 Å². The fourth-order valence-electron chi connectivity index (χ4n) is 3.92. The van der Waals surface area contributed by atoms with E-state index in [1.165, 1.54) is 12.6 Å². The van der Waals surface area contributed by atoms with Gasteiger partial charge in [0.15, 0.2) is 0 Å². The minimum atomic E-state index is -3.64. The monoisotopic (exact) mass is 380 g/mol. The zero-order chi connectivity index (χ0) is 19.0. The van der Waals surface area contributed by atoms with Crippen molar-refractivity contribution in [1.82, 2.24) is 4.98 Å². The molecular formula is C22H24N2O2S. The smallest absolute Gasteiger partial charge is 0.210 e. The molecular weight excluding hydrogens is 356 g/mol. The maximum Gasteiger partial charge on any atom is 0.210 e. The lowest BCUT2D eigenvalue weighted by molar-refractivity contribution is 0.446. The van der Waals surface area contributed by atoms with Crippen LogP contribution in [0.1, 0.15) is 25.3 Å². The molecule has 0 unspecified atom stereocenters. The molecule has 5 heteroatoms. The van der Waals surface area contributed by atoms with Crippen LogP contribution < -0.4 is 4.90 Å². The Balaban J connectivity index is 1.99. The largest absolute Gasteiger partial charge is 0.370 e. The van der Waals surface area contributed by atoms with Crippen molar-refractivity contribution in [3.63, 3.8) is 0 Å². The average Bonchev–Trinajstić information content (AvgIpc) is 2.67. The topological polar surface area (TPSA) is 50.3 Å². The summed E-state index contributed by atoms with van der Waals surface area (Å²) in [7, 11) is -3.64. The lowest BCUT2D eigenvalue weighted by Gasteiger charge is -2.34. The Morgan fingerprint density at radius 3 is 2.63 bits per heavy atom. The van der Waals surface area contributed by atoms with Gasteiger partial charge in [-0.25, -0.2) is 8.42 Å². The Morgan fingerprint density at radius 2 is 1.89 bits per heavy atom. The van der Waals surface area contributed by atoms with Crippen LogP contribution in [0.3, 0.4) is 0 Å². The van der Waals surface area contributed by atoms with Gasteiger partial charge < -0.3 is 4.90 Å².